The molecule has 0 bridgehead atoms. The van der Waals surface area contributed by atoms with Crippen LogP contribution in [0, 0.1) is 11.3 Å². The van der Waals surface area contributed by atoms with Crippen molar-refractivity contribution in [3.05, 3.63) is 36.0 Å². The number of hydrogen-bond acceptors (Lipinski definition) is 3. The maximum atomic E-state index is 8.84. The van der Waals surface area contributed by atoms with Crippen molar-refractivity contribution in [2.45, 2.75) is 0 Å². The second-order valence-corrected chi connectivity index (χ2v) is 2.86. The average molecular weight is 171 g/mol. The van der Waals surface area contributed by atoms with Gasteiger partial charge >= 0.3 is 0 Å². The van der Waals surface area contributed by atoms with Gasteiger partial charge in [0.05, 0.1) is 5.56 Å². The fourth-order valence-corrected chi connectivity index (χ4v) is 1.39. The van der Waals surface area contributed by atoms with E-state index in [2.05, 4.69) is 28.1 Å². The number of pyridine rings is 1. The van der Waals surface area contributed by atoms with Crippen molar-refractivity contribution in [2.75, 3.05) is 18.0 Å². The second kappa shape index (κ2) is 3.28. The maximum absolute atomic E-state index is 8.84. The minimum Gasteiger partial charge on any atom is -0.348 e. The normalized spacial score (nSPS) is 14.5. The molecule has 0 N–H and O–H groups in total. The van der Waals surface area contributed by atoms with Crippen LogP contribution in [0.1, 0.15) is 5.56 Å². The Balaban J connectivity index is 2.34. The largest absolute Gasteiger partial charge is 0.348 e. The number of nitriles is 1. The van der Waals surface area contributed by atoms with Gasteiger partial charge in [0.15, 0.2) is 0 Å². The number of hydrogen-bond donors (Lipinski definition) is 0. The molecule has 0 atom stereocenters. The van der Waals surface area contributed by atoms with Gasteiger partial charge in [-0.3, -0.25) is 0 Å². The summed E-state index contributed by atoms with van der Waals surface area (Å²) in [4.78, 5) is 6.26. The molecule has 0 fully saturated rings. The van der Waals surface area contributed by atoms with Crippen molar-refractivity contribution in [3.63, 3.8) is 0 Å². The van der Waals surface area contributed by atoms with Gasteiger partial charge in [-0.25, -0.2) is 4.98 Å². The lowest BCUT2D eigenvalue weighted by Gasteiger charge is -2.16. The van der Waals surface area contributed by atoms with Crippen molar-refractivity contribution in [1.29, 1.82) is 5.26 Å². The van der Waals surface area contributed by atoms with Crippen LogP contribution >= 0.6 is 0 Å². The van der Waals surface area contributed by atoms with E-state index in [1.807, 2.05) is 0 Å². The Morgan fingerprint density at radius 3 is 2.85 bits per heavy atom. The highest BCUT2D eigenvalue weighted by Gasteiger charge is 2.12. The van der Waals surface area contributed by atoms with Crippen LogP contribution in [0.15, 0.2) is 30.5 Å². The standard InChI is InChI=1S/C10H9N3/c11-8-9-4-3-5-12-10(9)13-6-1-2-7-13/h1-5H,6-7H2. The van der Waals surface area contributed by atoms with E-state index in [0.29, 0.717) is 5.56 Å². The molecular weight excluding hydrogens is 162 g/mol. The Labute approximate surface area is 76.9 Å². The fourth-order valence-electron chi connectivity index (χ4n) is 1.39. The van der Waals surface area contributed by atoms with Gasteiger partial charge in [0.2, 0.25) is 0 Å². The number of nitrogens with zero attached hydrogens (tertiary/aromatic N) is 3. The summed E-state index contributed by atoms with van der Waals surface area (Å²) in [6, 6.07) is 5.72. The molecule has 0 aromatic carbocycles. The van der Waals surface area contributed by atoms with Gasteiger partial charge in [-0.15, -0.1) is 0 Å². The van der Waals surface area contributed by atoms with Gasteiger partial charge in [0.1, 0.15) is 11.9 Å². The molecule has 0 aliphatic carbocycles. The van der Waals surface area contributed by atoms with Gasteiger partial charge in [-0.1, -0.05) is 12.2 Å². The lowest BCUT2D eigenvalue weighted by Crippen LogP contribution is -2.20. The SMILES string of the molecule is N#Cc1cccnc1N1CC=CC1. The van der Waals surface area contributed by atoms with E-state index in [1.165, 1.54) is 0 Å². The number of rotatable bonds is 1. The summed E-state index contributed by atoms with van der Waals surface area (Å²) >= 11 is 0. The molecule has 2 heterocycles. The van der Waals surface area contributed by atoms with Crippen molar-refractivity contribution in [3.8, 4) is 6.07 Å². The zero-order valence-corrected chi connectivity index (χ0v) is 7.14. The third kappa shape index (κ3) is 1.38. The molecule has 1 aliphatic rings. The first-order chi connectivity index (χ1) is 6.42. The smallest absolute Gasteiger partial charge is 0.147 e. The Hall–Kier alpha value is -1.82. The predicted molar refractivity (Wildman–Crippen MR) is 50.3 cm³/mol. The summed E-state index contributed by atoms with van der Waals surface area (Å²) in [5, 5.41) is 8.84. The molecule has 0 amide bonds. The monoisotopic (exact) mass is 171 g/mol. The van der Waals surface area contributed by atoms with Gasteiger partial charge < -0.3 is 4.90 Å². The Morgan fingerprint density at radius 1 is 1.38 bits per heavy atom. The minimum atomic E-state index is 0.645. The molecule has 0 saturated heterocycles. The third-order valence-electron chi connectivity index (χ3n) is 2.02. The van der Waals surface area contributed by atoms with Crippen LogP contribution in [0.3, 0.4) is 0 Å². The first-order valence-corrected chi connectivity index (χ1v) is 4.17. The van der Waals surface area contributed by atoms with E-state index in [0.717, 1.165) is 18.9 Å². The van der Waals surface area contributed by atoms with Crippen molar-refractivity contribution in [2.24, 2.45) is 0 Å². The van der Waals surface area contributed by atoms with Crippen molar-refractivity contribution in [1.82, 2.24) is 4.98 Å². The Morgan fingerprint density at radius 2 is 2.15 bits per heavy atom. The van der Waals surface area contributed by atoms with Gasteiger partial charge in [-0.2, -0.15) is 5.26 Å². The fraction of sp³-hybridized carbons (Fsp3) is 0.200. The molecule has 3 nitrogen and oxygen atoms in total. The highest BCUT2D eigenvalue weighted by Crippen LogP contribution is 2.17. The van der Waals surface area contributed by atoms with Crippen molar-refractivity contribution >= 4 is 5.82 Å². The van der Waals surface area contributed by atoms with Gasteiger partial charge in [-0.05, 0) is 12.1 Å². The molecule has 3 heteroatoms. The summed E-state index contributed by atoms with van der Waals surface area (Å²) in [5.74, 6) is 0.787. The molecule has 1 aliphatic heterocycles. The average Bonchev–Trinajstić information content (AvgIpc) is 2.70. The van der Waals surface area contributed by atoms with E-state index in [4.69, 9.17) is 5.26 Å². The van der Waals surface area contributed by atoms with E-state index in [1.54, 1.807) is 18.3 Å². The maximum Gasteiger partial charge on any atom is 0.147 e. The lowest BCUT2D eigenvalue weighted by atomic mass is 10.2. The summed E-state index contributed by atoms with van der Waals surface area (Å²) in [6.45, 7) is 1.71. The van der Waals surface area contributed by atoms with Crippen LogP contribution in [0.5, 0.6) is 0 Å². The van der Waals surface area contributed by atoms with Crippen LogP contribution in [-0.4, -0.2) is 18.1 Å². The Kier molecular flexibility index (Phi) is 1.97. The molecule has 13 heavy (non-hydrogen) atoms. The van der Waals surface area contributed by atoms with Crippen LogP contribution in [-0.2, 0) is 0 Å². The summed E-state index contributed by atoms with van der Waals surface area (Å²) in [7, 11) is 0. The number of aromatic nitrogens is 1. The Bertz CT molecular complexity index is 368. The predicted octanol–water partition coefficient (Wildman–Crippen LogP) is 1.33. The molecule has 0 unspecified atom stereocenters. The summed E-state index contributed by atoms with van der Waals surface area (Å²) < 4.78 is 0. The molecule has 2 rings (SSSR count). The molecule has 0 saturated carbocycles. The molecule has 0 spiro atoms. The first kappa shape index (κ1) is 7.81. The number of anilines is 1. The summed E-state index contributed by atoms with van der Waals surface area (Å²) in [6.07, 6.45) is 5.88. The molecule has 1 aromatic heterocycles. The van der Waals surface area contributed by atoms with E-state index in [-0.39, 0.29) is 0 Å². The van der Waals surface area contributed by atoms with Crippen LogP contribution < -0.4 is 4.90 Å². The molecule has 64 valence electrons. The molecule has 0 radical (unpaired) electrons. The third-order valence-corrected chi connectivity index (χ3v) is 2.02. The second-order valence-electron chi connectivity index (χ2n) is 2.86. The topological polar surface area (TPSA) is 39.9 Å². The van der Waals surface area contributed by atoms with E-state index < -0.39 is 0 Å². The highest BCUT2D eigenvalue weighted by atomic mass is 15.2. The molecule has 1 aromatic rings. The zero-order chi connectivity index (χ0) is 9.10. The summed E-state index contributed by atoms with van der Waals surface area (Å²) in [5.41, 5.74) is 0.645. The quantitative estimate of drug-likeness (QED) is 0.598. The van der Waals surface area contributed by atoms with Crippen LogP contribution in [0.2, 0.25) is 0 Å². The minimum absolute atomic E-state index is 0.645. The van der Waals surface area contributed by atoms with Crippen molar-refractivity contribution < 1.29 is 0 Å². The van der Waals surface area contributed by atoms with E-state index in [9.17, 15) is 0 Å². The lowest BCUT2D eigenvalue weighted by molar-refractivity contribution is 0.965. The van der Waals surface area contributed by atoms with Crippen LogP contribution in [0.4, 0.5) is 5.82 Å². The van der Waals surface area contributed by atoms with Gasteiger partial charge in [0.25, 0.3) is 0 Å². The van der Waals surface area contributed by atoms with Gasteiger partial charge in [0, 0.05) is 19.3 Å². The van der Waals surface area contributed by atoms with E-state index >= 15 is 0 Å². The molecular formula is C10H9N3. The first-order valence-electron chi connectivity index (χ1n) is 4.17. The zero-order valence-electron chi connectivity index (χ0n) is 7.14. The van der Waals surface area contributed by atoms with Crippen LogP contribution in [0.25, 0.3) is 0 Å². The highest BCUT2D eigenvalue weighted by molar-refractivity contribution is 5.55.